The Kier molecular flexibility index (Phi) is 4.63. The van der Waals surface area contributed by atoms with Crippen molar-refractivity contribution in [1.29, 1.82) is 0 Å². The van der Waals surface area contributed by atoms with Gasteiger partial charge in [0.1, 0.15) is 4.83 Å². The maximum atomic E-state index is 2.49. The highest BCUT2D eigenvalue weighted by Gasteiger charge is 2.21. The Balaban J connectivity index is 1.27. The Labute approximate surface area is 251 Å². The largest absolute Gasteiger partial charge is 0.309 e. The third-order valence-corrected chi connectivity index (χ3v) is 10.2. The minimum Gasteiger partial charge on any atom is -0.309 e. The molecule has 10 rings (SSSR count). The van der Waals surface area contributed by atoms with Crippen molar-refractivity contribution in [3.05, 3.63) is 146 Å². The predicted octanol–water partition coefficient (Wildman–Crippen LogP) is 11.3. The molecule has 0 saturated heterocycles. The smallest absolute Gasteiger partial charge is 0.109 e. The van der Waals surface area contributed by atoms with Crippen LogP contribution in [-0.2, 0) is 0 Å². The van der Waals surface area contributed by atoms with Crippen molar-refractivity contribution in [2.24, 2.45) is 0 Å². The fourth-order valence-electron chi connectivity index (χ4n) is 7.17. The molecule has 0 aliphatic heterocycles. The zero-order chi connectivity index (χ0) is 28.1. The SMILES string of the molecule is c1ccc(-c2cc3c4cc(-c5ccc6c(c5)c5ccccc5n6-c5ccccc5)cc5c6ccccc6n(c3s2)c54)cc1. The van der Waals surface area contributed by atoms with Gasteiger partial charge in [0.2, 0.25) is 0 Å². The lowest BCUT2D eigenvalue weighted by molar-refractivity contribution is 1.18. The standard InChI is InChI=1S/C40H24N2S/c1-3-11-25(12-4-1)38-24-34-33-23-27(22-32-30-16-8-10-18-36(30)42(39(32)33)40(34)43-38)26-19-20-37-31(21-26)29-15-7-9-17-35(29)41(37)28-13-5-2-6-14-28/h1-24H. The van der Waals surface area contributed by atoms with Crippen LogP contribution in [0.3, 0.4) is 0 Å². The molecule has 0 spiro atoms. The first-order valence-corrected chi connectivity index (χ1v) is 15.5. The second-order valence-corrected chi connectivity index (χ2v) is 12.4. The first kappa shape index (κ1) is 23.2. The molecule has 2 nitrogen and oxygen atoms in total. The van der Waals surface area contributed by atoms with E-state index < -0.39 is 0 Å². The average Bonchev–Trinajstić information content (AvgIpc) is 3.81. The van der Waals surface area contributed by atoms with E-state index in [1.807, 2.05) is 11.3 Å². The molecule has 0 amide bonds. The first-order valence-electron chi connectivity index (χ1n) is 14.7. The van der Waals surface area contributed by atoms with Gasteiger partial charge >= 0.3 is 0 Å². The summed E-state index contributed by atoms with van der Waals surface area (Å²) < 4.78 is 4.88. The molecule has 0 bridgehead atoms. The van der Waals surface area contributed by atoms with E-state index >= 15 is 0 Å². The van der Waals surface area contributed by atoms with Crippen molar-refractivity contribution < 1.29 is 0 Å². The Morgan fingerprint density at radius 1 is 0.395 bits per heavy atom. The lowest BCUT2D eigenvalue weighted by Crippen LogP contribution is -1.92. The molecule has 0 unspecified atom stereocenters. The van der Waals surface area contributed by atoms with E-state index in [2.05, 4.69) is 155 Å². The monoisotopic (exact) mass is 564 g/mol. The molecular weight excluding hydrogens is 541 g/mol. The lowest BCUT2D eigenvalue weighted by atomic mass is 9.98. The number of benzene rings is 6. The fourth-order valence-corrected chi connectivity index (χ4v) is 8.37. The molecule has 0 radical (unpaired) electrons. The topological polar surface area (TPSA) is 9.34 Å². The molecule has 0 fully saturated rings. The van der Waals surface area contributed by atoms with Crippen LogP contribution in [-0.4, -0.2) is 8.97 Å². The number of para-hydroxylation sites is 3. The molecule has 0 aliphatic carbocycles. The van der Waals surface area contributed by atoms with E-state index in [-0.39, 0.29) is 0 Å². The number of nitrogens with zero attached hydrogens (tertiary/aromatic N) is 2. The number of hydrogen-bond acceptors (Lipinski definition) is 1. The van der Waals surface area contributed by atoms with E-state index in [9.17, 15) is 0 Å². The second-order valence-electron chi connectivity index (χ2n) is 11.4. The summed E-state index contributed by atoms with van der Waals surface area (Å²) in [5.41, 5.74) is 10.0. The van der Waals surface area contributed by atoms with Crippen LogP contribution >= 0.6 is 11.3 Å². The summed E-state index contributed by atoms with van der Waals surface area (Å²) >= 11 is 1.89. The molecule has 200 valence electrons. The van der Waals surface area contributed by atoms with E-state index in [0.29, 0.717) is 0 Å². The molecule has 0 N–H and O–H groups in total. The van der Waals surface area contributed by atoms with Crippen molar-refractivity contribution in [1.82, 2.24) is 8.97 Å². The van der Waals surface area contributed by atoms with E-state index in [1.165, 1.54) is 86.5 Å². The zero-order valence-corrected chi connectivity index (χ0v) is 24.0. The second kappa shape index (κ2) is 8.57. The van der Waals surface area contributed by atoms with Gasteiger partial charge in [-0.15, -0.1) is 11.3 Å². The van der Waals surface area contributed by atoms with Crippen molar-refractivity contribution >= 4 is 70.6 Å². The van der Waals surface area contributed by atoms with Crippen LogP contribution in [0.2, 0.25) is 0 Å². The number of aromatic nitrogens is 2. The van der Waals surface area contributed by atoms with Crippen molar-refractivity contribution in [2.45, 2.75) is 0 Å². The average molecular weight is 565 g/mol. The van der Waals surface area contributed by atoms with Gasteiger partial charge in [0.05, 0.1) is 22.1 Å². The van der Waals surface area contributed by atoms with Crippen molar-refractivity contribution in [3.63, 3.8) is 0 Å². The molecule has 4 aromatic heterocycles. The van der Waals surface area contributed by atoms with Crippen LogP contribution in [0.15, 0.2) is 146 Å². The minimum atomic E-state index is 1.18. The molecule has 0 aliphatic rings. The van der Waals surface area contributed by atoms with Gasteiger partial charge in [-0.3, -0.25) is 4.40 Å². The predicted molar refractivity (Wildman–Crippen MR) is 184 cm³/mol. The molecule has 0 atom stereocenters. The van der Waals surface area contributed by atoms with Gasteiger partial charge in [0.25, 0.3) is 0 Å². The van der Waals surface area contributed by atoms with Crippen molar-refractivity contribution in [3.8, 4) is 27.3 Å². The minimum absolute atomic E-state index is 1.18. The third-order valence-electron chi connectivity index (χ3n) is 9.05. The van der Waals surface area contributed by atoms with Gasteiger partial charge in [-0.2, -0.15) is 0 Å². The maximum absolute atomic E-state index is 2.49. The first-order chi connectivity index (χ1) is 21.3. The van der Waals surface area contributed by atoms with E-state index in [1.54, 1.807) is 0 Å². The number of rotatable bonds is 3. The molecular formula is C40H24N2S. The van der Waals surface area contributed by atoms with E-state index in [0.717, 1.165) is 0 Å². The summed E-state index contributed by atoms with van der Waals surface area (Å²) in [4.78, 5) is 2.63. The maximum Gasteiger partial charge on any atom is 0.109 e. The van der Waals surface area contributed by atoms with Gasteiger partial charge in [-0.05, 0) is 71.3 Å². The van der Waals surface area contributed by atoms with Crippen LogP contribution in [0, 0.1) is 0 Å². The number of thiophene rings is 1. The van der Waals surface area contributed by atoms with Crippen LogP contribution in [0.4, 0.5) is 0 Å². The normalized spacial score (nSPS) is 12.2. The fraction of sp³-hybridized carbons (Fsp3) is 0. The summed E-state index contributed by atoms with van der Waals surface area (Å²) in [5, 5.41) is 7.83. The van der Waals surface area contributed by atoms with Gasteiger partial charge < -0.3 is 4.57 Å². The van der Waals surface area contributed by atoms with Crippen LogP contribution in [0.1, 0.15) is 0 Å². The summed E-state index contributed by atoms with van der Waals surface area (Å²) in [5.74, 6) is 0. The Morgan fingerprint density at radius 2 is 1.00 bits per heavy atom. The highest BCUT2D eigenvalue weighted by Crippen LogP contribution is 2.46. The molecule has 10 aromatic rings. The van der Waals surface area contributed by atoms with Gasteiger partial charge in [0.15, 0.2) is 0 Å². The van der Waals surface area contributed by atoms with E-state index in [4.69, 9.17) is 0 Å². The molecule has 43 heavy (non-hydrogen) atoms. The molecule has 3 heteroatoms. The van der Waals surface area contributed by atoms with Crippen LogP contribution < -0.4 is 0 Å². The highest BCUT2D eigenvalue weighted by molar-refractivity contribution is 7.22. The molecule has 6 aromatic carbocycles. The Bertz CT molecular complexity index is 2650. The Hall–Kier alpha value is -5.38. The van der Waals surface area contributed by atoms with Crippen molar-refractivity contribution in [2.75, 3.05) is 0 Å². The van der Waals surface area contributed by atoms with Gasteiger partial charge in [-0.25, -0.2) is 0 Å². The Morgan fingerprint density at radius 3 is 1.79 bits per heavy atom. The lowest BCUT2D eigenvalue weighted by Gasteiger charge is -2.08. The third kappa shape index (κ3) is 3.17. The number of hydrogen-bond donors (Lipinski definition) is 0. The molecule has 0 saturated carbocycles. The quantitative estimate of drug-likeness (QED) is 0.202. The highest BCUT2D eigenvalue weighted by atomic mass is 32.1. The molecule has 4 heterocycles. The van der Waals surface area contributed by atoms with Crippen LogP contribution in [0.5, 0.6) is 0 Å². The summed E-state index contributed by atoms with van der Waals surface area (Å²) in [6.07, 6.45) is 0. The summed E-state index contributed by atoms with van der Waals surface area (Å²) in [6, 6.07) is 53.3. The van der Waals surface area contributed by atoms with Crippen LogP contribution in [0.25, 0.3) is 86.5 Å². The zero-order valence-electron chi connectivity index (χ0n) is 23.2. The summed E-state index contributed by atoms with van der Waals surface area (Å²) in [7, 11) is 0. The number of fused-ring (bicyclic) bond motifs is 9. The summed E-state index contributed by atoms with van der Waals surface area (Å²) in [6.45, 7) is 0. The van der Waals surface area contributed by atoms with Gasteiger partial charge in [0, 0.05) is 42.9 Å². The van der Waals surface area contributed by atoms with Gasteiger partial charge in [-0.1, -0.05) is 91.0 Å².